The standard InChI is InChI=1S/C10H20N2S2/c1-14-8-4-7-11-10(13)12-9-5-2-3-6-9/h9H,2-8H2,1H3,(H2,11,12,13). The molecule has 82 valence electrons. The van der Waals surface area contributed by atoms with E-state index in [0.717, 1.165) is 11.7 Å². The molecule has 0 aromatic heterocycles. The van der Waals surface area contributed by atoms with Gasteiger partial charge in [-0.1, -0.05) is 12.8 Å². The third kappa shape index (κ3) is 5.05. The lowest BCUT2D eigenvalue weighted by Crippen LogP contribution is -2.41. The Morgan fingerprint density at radius 3 is 2.79 bits per heavy atom. The Kier molecular flexibility index (Phi) is 6.36. The molecule has 0 unspecified atom stereocenters. The van der Waals surface area contributed by atoms with Crippen molar-refractivity contribution in [2.45, 2.75) is 38.1 Å². The minimum atomic E-state index is 0.635. The Morgan fingerprint density at radius 2 is 2.14 bits per heavy atom. The first-order valence-corrected chi connectivity index (χ1v) is 7.16. The van der Waals surface area contributed by atoms with E-state index in [1.807, 2.05) is 11.8 Å². The van der Waals surface area contributed by atoms with Crippen LogP contribution in [0.15, 0.2) is 0 Å². The highest BCUT2D eigenvalue weighted by Gasteiger charge is 2.14. The Bertz CT molecular complexity index is 168. The molecule has 0 atom stereocenters. The lowest BCUT2D eigenvalue weighted by molar-refractivity contribution is 0.620. The smallest absolute Gasteiger partial charge is 0.166 e. The first-order chi connectivity index (χ1) is 6.83. The average molecular weight is 232 g/mol. The van der Waals surface area contributed by atoms with Gasteiger partial charge in [0.1, 0.15) is 0 Å². The maximum Gasteiger partial charge on any atom is 0.166 e. The molecule has 4 heteroatoms. The van der Waals surface area contributed by atoms with Crippen LogP contribution in [-0.4, -0.2) is 29.7 Å². The molecule has 14 heavy (non-hydrogen) atoms. The summed E-state index contributed by atoms with van der Waals surface area (Å²) in [5.74, 6) is 1.21. The van der Waals surface area contributed by atoms with E-state index in [4.69, 9.17) is 12.2 Å². The fourth-order valence-corrected chi connectivity index (χ4v) is 2.43. The predicted molar refractivity (Wildman–Crippen MR) is 69.0 cm³/mol. The van der Waals surface area contributed by atoms with E-state index in [1.165, 1.54) is 37.9 Å². The van der Waals surface area contributed by atoms with Crippen LogP contribution in [0.5, 0.6) is 0 Å². The number of nitrogens with one attached hydrogen (secondary N) is 2. The fraction of sp³-hybridized carbons (Fsp3) is 0.900. The van der Waals surface area contributed by atoms with Crippen LogP contribution < -0.4 is 10.6 Å². The van der Waals surface area contributed by atoms with Crippen molar-refractivity contribution >= 4 is 29.1 Å². The normalized spacial score (nSPS) is 16.9. The van der Waals surface area contributed by atoms with E-state index < -0.39 is 0 Å². The minimum absolute atomic E-state index is 0.635. The molecule has 2 N–H and O–H groups in total. The van der Waals surface area contributed by atoms with Gasteiger partial charge in [-0.2, -0.15) is 11.8 Å². The van der Waals surface area contributed by atoms with Crippen LogP contribution in [0.1, 0.15) is 32.1 Å². The predicted octanol–water partition coefficient (Wildman–Crippen LogP) is 2.15. The molecule has 0 saturated heterocycles. The zero-order valence-electron chi connectivity index (χ0n) is 8.84. The average Bonchev–Trinajstić information content (AvgIpc) is 2.65. The molecule has 1 aliphatic rings. The molecule has 1 aliphatic carbocycles. The second-order valence-electron chi connectivity index (χ2n) is 3.73. The molecule has 0 spiro atoms. The van der Waals surface area contributed by atoms with E-state index in [1.54, 1.807) is 0 Å². The second kappa shape index (κ2) is 7.35. The van der Waals surface area contributed by atoms with Crippen molar-refractivity contribution in [3.05, 3.63) is 0 Å². The van der Waals surface area contributed by atoms with Crippen LogP contribution in [-0.2, 0) is 0 Å². The summed E-state index contributed by atoms with van der Waals surface area (Å²) >= 11 is 7.09. The Balaban J connectivity index is 1.98. The summed E-state index contributed by atoms with van der Waals surface area (Å²) < 4.78 is 0. The van der Waals surface area contributed by atoms with Gasteiger partial charge < -0.3 is 10.6 Å². The maximum atomic E-state index is 5.21. The topological polar surface area (TPSA) is 24.1 Å². The quantitative estimate of drug-likeness (QED) is 0.560. The molecule has 0 bridgehead atoms. The summed E-state index contributed by atoms with van der Waals surface area (Å²) in [7, 11) is 0. The third-order valence-electron chi connectivity index (χ3n) is 2.50. The first-order valence-electron chi connectivity index (χ1n) is 5.36. The molecular weight excluding hydrogens is 212 g/mol. The first kappa shape index (κ1) is 12.1. The minimum Gasteiger partial charge on any atom is -0.363 e. The molecule has 0 radical (unpaired) electrons. The molecule has 1 saturated carbocycles. The molecule has 0 heterocycles. The fourth-order valence-electron chi connectivity index (χ4n) is 1.73. The number of thioether (sulfide) groups is 1. The summed E-state index contributed by atoms with van der Waals surface area (Å²) in [6.45, 7) is 0.999. The van der Waals surface area contributed by atoms with E-state index in [-0.39, 0.29) is 0 Å². The van der Waals surface area contributed by atoms with Crippen molar-refractivity contribution in [2.75, 3.05) is 18.6 Å². The van der Waals surface area contributed by atoms with Crippen molar-refractivity contribution in [2.24, 2.45) is 0 Å². The zero-order valence-corrected chi connectivity index (χ0v) is 10.5. The summed E-state index contributed by atoms with van der Waals surface area (Å²) in [4.78, 5) is 0. The molecule has 0 aliphatic heterocycles. The lowest BCUT2D eigenvalue weighted by Gasteiger charge is -2.15. The van der Waals surface area contributed by atoms with E-state index in [0.29, 0.717) is 6.04 Å². The van der Waals surface area contributed by atoms with Gasteiger partial charge in [0.2, 0.25) is 0 Å². The van der Waals surface area contributed by atoms with Crippen LogP contribution in [0.2, 0.25) is 0 Å². The highest BCUT2D eigenvalue weighted by molar-refractivity contribution is 7.98. The van der Waals surface area contributed by atoms with E-state index in [9.17, 15) is 0 Å². The molecule has 0 aromatic rings. The van der Waals surface area contributed by atoms with Gasteiger partial charge in [0.15, 0.2) is 5.11 Å². The van der Waals surface area contributed by atoms with Gasteiger partial charge in [-0.25, -0.2) is 0 Å². The van der Waals surface area contributed by atoms with Crippen molar-refractivity contribution < 1.29 is 0 Å². The van der Waals surface area contributed by atoms with Crippen LogP contribution in [0.3, 0.4) is 0 Å². The number of rotatable bonds is 5. The van der Waals surface area contributed by atoms with Gasteiger partial charge in [0.05, 0.1) is 0 Å². The van der Waals surface area contributed by atoms with Gasteiger partial charge >= 0.3 is 0 Å². The van der Waals surface area contributed by atoms with Gasteiger partial charge in [0, 0.05) is 12.6 Å². The monoisotopic (exact) mass is 232 g/mol. The van der Waals surface area contributed by atoms with Crippen LogP contribution in [0.4, 0.5) is 0 Å². The van der Waals surface area contributed by atoms with Gasteiger partial charge in [0.25, 0.3) is 0 Å². The Morgan fingerprint density at radius 1 is 1.43 bits per heavy atom. The van der Waals surface area contributed by atoms with E-state index in [2.05, 4.69) is 16.9 Å². The summed E-state index contributed by atoms with van der Waals surface area (Å²) in [5, 5.41) is 7.47. The highest BCUT2D eigenvalue weighted by Crippen LogP contribution is 2.17. The Hall–Kier alpha value is 0.0400. The highest BCUT2D eigenvalue weighted by atomic mass is 32.2. The molecule has 0 aromatic carbocycles. The molecule has 1 fully saturated rings. The summed E-state index contributed by atoms with van der Waals surface area (Å²) in [6.07, 6.45) is 8.60. The third-order valence-corrected chi connectivity index (χ3v) is 3.46. The summed E-state index contributed by atoms with van der Waals surface area (Å²) in [6, 6.07) is 0.635. The van der Waals surface area contributed by atoms with E-state index >= 15 is 0 Å². The van der Waals surface area contributed by atoms with Crippen LogP contribution in [0.25, 0.3) is 0 Å². The number of hydrogen-bond donors (Lipinski definition) is 2. The van der Waals surface area contributed by atoms with Crippen molar-refractivity contribution in [3.63, 3.8) is 0 Å². The van der Waals surface area contributed by atoms with Crippen molar-refractivity contribution in [3.8, 4) is 0 Å². The number of hydrogen-bond acceptors (Lipinski definition) is 2. The molecule has 0 amide bonds. The maximum absolute atomic E-state index is 5.21. The SMILES string of the molecule is CSCCCNC(=S)NC1CCCC1. The summed E-state index contributed by atoms with van der Waals surface area (Å²) in [5.41, 5.74) is 0. The Labute approximate surface area is 96.6 Å². The molecule has 1 rings (SSSR count). The lowest BCUT2D eigenvalue weighted by atomic mass is 10.3. The van der Waals surface area contributed by atoms with Crippen molar-refractivity contribution in [1.82, 2.24) is 10.6 Å². The zero-order chi connectivity index (χ0) is 10.2. The van der Waals surface area contributed by atoms with Gasteiger partial charge in [-0.15, -0.1) is 0 Å². The molecule has 2 nitrogen and oxygen atoms in total. The largest absolute Gasteiger partial charge is 0.363 e. The van der Waals surface area contributed by atoms with Crippen molar-refractivity contribution in [1.29, 1.82) is 0 Å². The van der Waals surface area contributed by atoms with Gasteiger partial charge in [-0.05, 0) is 43.5 Å². The van der Waals surface area contributed by atoms with Gasteiger partial charge in [-0.3, -0.25) is 0 Å². The number of thiocarbonyl (C=S) groups is 1. The van der Waals surface area contributed by atoms with Crippen LogP contribution >= 0.6 is 24.0 Å². The second-order valence-corrected chi connectivity index (χ2v) is 5.12. The molecular formula is C10H20N2S2. The van der Waals surface area contributed by atoms with Crippen LogP contribution in [0, 0.1) is 0 Å².